The quantitative estimate of drug-likeness (QED) is 0.832. The molecule has 0 spiro atoms. The van der Waals surface area contributed by atoms with Gasteiger partial charge in [0.15, 0.2) is 0 Å². The SMILES string of the molecule is CN(C)c1nccc([C@@H]2CN(C(=O)C3=COCCC3)CCO2)n1. The summed E-state index contributed by atoms with van der Waals surface area (Å²) in [4.78, 5) is 25.0. The maximum absolute atomic E-state index is 12.6. The summed E-state index contributed by atoms with van der Waals surface area (Å²) in [6, 6.07) is 1.84. The first-order valence-electron chi connectivity index (χ1n) is 7.87. The van der Waals surface area contributed by atoms with E-state index in [2.05, 4.69) is 9.97 Å². The number of ether oxygens (including phenoxy) is 2. The van der Waals surface area contributed by atoms with Crippen molar-refractivity contribution in [2.45, 2.75) is 18.9 Å². The van der Waals surface area contributed by atoms with Gasteiger partial charge in [0.1, 0.15) is 6.10 Å². The zero-order chi connectivity index (χ0) is 16.2. The molecule has 2 aliphatic heterocycles. The van der Waals surface area contributed by atoms with E-state index >= 15 is 0 Å². The van der Waals surface area contributed by atoms with Crippen molar-refractivity contribution in [2.75, 3.05) is 45.3 Å². The lowest BCUT2D eigenvalue weighted by atomic mass is 10.1. The highest BCUT2D eigenvalue weighted by molar-refractivity contribution is 5.93. The van der Waals surface area contributed by atoms with Crippen molar-refractivity contribution in [3.8, 4) is 0 Å². The van der Waals surface area contributed by atoms with Gasteiger partial charge in [0.25, 0.3) is 5.91 Å². The number of anilines is 1. The number of carbonyl (C=O) groups excluding carboxylic acids is 1. The minimum absolute atomic E-state index is 0.0416. The third-order valence-corrected chi connectivity index (χ3v) is 3.96. The molecule has 7 nitrogen and oxygen atoms in total. The van der Waals surface area contributed by atoms with Crippen LogP contribution in [-0.4, -0.2) is 61.2 Å². The Balaban J connectivity index is 1.72. The molecule has 0 aliphatic carbocycles. The minimum atomic E-state index is -0.223. The summed E-state index contributed by atoms with van der Waals surface area (Å²) in [7, 11) is 3.79. The van der Waals surface area contributed by atoms with Gasteiger partial charge in [-0.1, -0.05) is 0 Å². The molecule has 23 heavy (non-hydrogen) atoms. The Morgan fingerprint density at radius 1 is 1.39 bits per heavy atom. The van der Waals surface area contributed by atoms with E-state index in [-0.39, 0.29) is 12.0 Å². The number of amides is 1. The molecule has 3 rings (SSSR count). The molecule has 124 valence electrons. The van der Waals surface area contributed by atoms with Crippen molar-refractivity contribution in [2.24, 2.45) is 0 Å². The Labute approximate surface area is 135 Å². The summed E-state index contributed by atoms with van der Waals surface area (Å²) in [6.45, 7) is 2.29. The maximum atomic E-state index is 12.6. The fraction of sp³-hybridized carbons (Fsp3) is 0.562. The van der Waals surface area contributed by atoms with Gasteiger partial charge in [-0.3, -0.25) is 4.79 Å². The van der Waals surface area contributed by atoms with E-state index in [0.29, 0.717) is 32.3 Å². The lowest BCUT2D eigenvalue weighted by Crippen LogP contribution is -2.43. The Kier molecular flexibility index (Phi) is 4.76. The molecule has 1 amide bonds. The van der Waals surface area contributed by atoms with Crippen molar-refractivity contribution >= 4 is 11.9 Å². The zero-order valence-electron chi connectivity index (χ0n) is 13.6. The van der Waals surface area contributed by atoms with Gasteiger partial charge in [0.2, 0.25) is 5.95 Å². The van der Waals surface area contributed by atoms with Crippen LogP contribution in [0.1, 0.15) is 24.6 Å². The minimum Gasteiger partial charge on any atom is -0.501 e. The smallest absolute Gasteiger partial charge is 0.253 e. The van der Waals surface area contributed by atoms with Gasteiger partial charge >= 0.3 is 0 Å². The van der Waals surface area contributed by atoms with Crippen LogP contribution in [0.15, 0.2) is 24.1 Å². The second-order valence-corrected chi connectivity index (χ2v) is 5.90. The van der Waals surface area contributed by atoms with E-state index in [1.165, 1.54) is 0 Å². The number of morpholine rings is 1. The highest BCUT2D eigenvalue weighted by Crippen LogP contribution is 2.24. The van der Waals surface area contributed by atoms with Crippen molar-refractivity contribution in [3.63, 3.8) is 0 Å². The summed E-state index contributed by atoms with van der Waals surface area (Å²) >= 11 is 0. The summed E-state index contributed by atoms with van der Waals surface area (Å²) in [6.07, 6.45) is 4.77. The van der Waals surface area contributed by atoms with Gasteiger partial charge in [0.05, 0.1) is 37.3 Å². The maximum Gasteiger partial charge on any atom is 0.253 e. The molecule has 1 atom stereocenters. The van der Waals surface area contributed by atoms with Gasteiger partial charge in [-0.25, -0.2) is 9.97 Å². The topological polar surface area (TPSA) is 67.8 Å². The monoisotopic (exact) mass is 318 g/mol. The van der Waals surface area contributed by atoms with Gasteiger partial charge < -0.3 is 19.3 Å². The molecule has 0 bridgehead atoms. The van der Waals surface area contributed by atoms with Crippen LogP contribution in [0, 0.1) is 0 Å². The van der Waals surface area contributed by atoms with Crippen molar-refractivity contribution in [3.05, 3.63) is 29.8 Å². The van der Waals surface area contributed by atoms with E-state index in [1.807, 2.05) is 30.0 Å². The van der Waals surface area contributed by atoms with Gasteiger partial charge in [-0.2, -0.15) is 0 Å². The Morgan fingerprint density at radius 2 is 2.26 bits per heavy atom. The number of aromatic nitrogens is 2. The Morgan fingerprint density at radius 3 is 3.00 bits per heavy atom. The first kappa shape index (κ1) is 15.7. The molecule has 0 unspecified atom stereocenters. The third-order valence-electron chi connectivity index (χ3n) is 3.96. The second-order valence-electron chi connectivity index (χ2n) is 5.90. The summed E-state index contributed by atoms with van der Waals surface area (Å²) in [5, 5.41) is 0. The van der Waals surface area contributed by atoms with Gasteiger partial charge in [-0.05, 0) is 18.9 Å². The summed E-state index contributed by atoms with van der Waals surface area (Å²) in [5.74, 6) is 0.679. The van der Waals surface area contributed by atoms with Crippen molar-refractivity contribution in [1.29, 1.82) is 0 Å². The number of carbonyl (C=O) groups is 1. The van der Waals surface area contributed by atoms with Crippen LogP contribution in [0.5, 0.6) is 0 Å². The lowest BCUT2D eigenvalue weighted by molar-refractivity contribution is -0.135. The number of hydrogen-bond acceptors (Lipinski definition) is 6. The van der Waals surface area contributed by atoms with Gasteiger partial charge in [-0.15, -0.1) is 0 Å². The molecule has 0 saturated carbocycles. The fourth-order valence-corrected chi connectivity index (χ4v) is 2.69. The molecular formula is C16H22N4O3. The molecule has 0 aromatic carbocycles. The van der Waals surface area contributed by atoms with E-state index in [4.69, 9.17) is 9.47 Å². The van der Waals surface area contributed by atoms with Gasteiger partial charge in [0, 0.05) is 26.8 Å². The van der Waals surface area contributed by atoms with E-state index < -0.39 is 0 Å². The molecule has 1 fully saturated rings. The predicted octanol–water partition coefficient (Wildman–Crippen LogP) is 1.14. The molecule has 0 radical (unpaired) electrons. The fourth-order valence-electron chi connectivity index (χ4n) is 2.69. The van der Waals surface area contributed by atoms with Crippen LogP contribution >= 0.6 is 0 Å². The average Bonchev–Trinajstić information content (AvgIpc) is 2.62. The molecule has 7 heteroatoms. The van der Waals surface area contributed by atoms with Crippen molar-refractivity contribution < 1.29 is 14.3 Å². The zero-order valence-corrected chi connectivity index (χ0v) is 13.6. The van der Waals surface area contributed by atoms with Crippen LogP contribution in [0.2, 0.25) is 0 Å². The highest BCUT2D eigenvalue weighted by Gasteiger charge is 2.28. The van der Waals surface area contributed by atoms with E-state index in [1.54, 1.807) is 12.5 Å². The summed E-state index contributed by atoms with van der Waals surface area (Å²) in [5.41, 5.74) is 1.55. The molecule has 1 saturated heterocycles. The van der Waals surface area contributed by atoms with E-state index in [0.717, 1.165) is 24.1 Å². The standard InChI is InChI=1S/C16H22N4O3/c1-19(2)16-17-6-5-13(18-16)14-10-20(7-9-23-14)15(21)12-4-3-8-22-11-12/h5-6,11,14H,3-4,7-10H2,1-2H3/t14-/m0/s1. The lowest BCUT2D eigenvalue weighted by Gasteiger charge is -2.33. The molecule has 1 aromatic heterocycles. The second kappa shape index (κ2) is 6.95. The van der Waals surface area contributed by atoms with Crippen LogP contribution in [-0.2, 0) is 14.3 Å². The van der Waals surface area contributed by atoms with Crippen LogP contribution in [0.3, 0.4) is 0 Å². The Hall–Kier alpha value is -2.15. The van der Waals surface area contributed by atoms with Crippen LogP contribution in [0.25, 0.3) is 0 Å². The normalized spacial score (nSPS) is 21.4. The first-order valence-corrected chi connectivity index (χ1v) is 7.87. The van der Waals surface area contributed by atoms with Crippen molar-refractivity contribution in [1.82, 2.24) is 14.9 Å². The molecule has 1 aromatic rings. The molecular weight excluding hydrogens is 296 g/mol. The number of hydrogen-bond donors (Lipinski definition) is 0. The number of rotatable bonds is 3. The largest absolute Gasteiger partial charge is 0.501 e. The van der Waals surface area contributed by atoms with Crippen LogP contribution < -0.4 is 4.90 Å². The average molecular weight is 318 g/mol. The van der Waals surface area contributed by atoms with E-state index in [9.17, 15) is 4.79 Å². The molecule has 2 aliphatic rings. The van der Waals surface area contributed by atoms with Crippen LogP contribution in [0.4, 0.5) is 5.95 Å². The molecule has 3 heterocycles. The molecule has 0 N–H and O–H groups in total. The number of nitrogens with zero attached hydrogens (tertiary/aromatic N) is 4. The Bertz CT molecular complexity index is 603. The first-order chi connectivity index (χ1) is 11.1. The summed E-state index contributed by atoms with van der Waals surface area (Å²) < 4.78 is 11.1. The highest BCUT2D eigenvalue weighted by atomic mass is 16.5. The predicted molar refractivity (Wildman–Crippen MR) is 84.9 cm³/mol. The third kappa shape index (κ3) is 3.61.